The van der Waals surface area contributed by atoms with E-state index in [-0.39, 0.29) is 0 Å². The Kier molecular flexibility index (Phi) is 6.37. The molecule has 0 aromatic carbocycles. The van der Waals surface area contributed by atoms with Crippen LogP contribution in [0.15, 0.2) is 6.20 Å². The molecule has 1 rings (SSSR count). The number of rotatable bonds is 7. The fourth-order valence-electron chi connectivity index (χ4n) is 1.42. The molecule has 0 spiro atoms. The summed E-state index contributed by atoms with van der Waals surface area (Å²) < 4.78 is 4.95. The third-order valence-electron chi connectivity index (χ3n) is 2.56. The van der Waals surface area contributed by atoms with Gasteiger partial charge >= 0.3 is 6.01 Å². The van der Waals surface area contributed by atoms with E-state index in [1.807, 2.05) is 0 Å². The molecule has 6 heteroatoms. The van der Waals surface area contributed by atoms with Crippen LogP contribution in [-0.4, -0.2) is 29.5 Å². The second-order valence-corrected chi connectivity index (χ2v) is 4.47. The predicted octanol–water partition coefficient (Wildman–Crippen LogP) is 3.21. The fraction of sp³-hybridized carbons (Fsp3) is 0.636. The minimum atomic E-state index is 0.308. The SMILES string of the molecule is CCC(CCCl)CNc1nc(OC)ncc1Cl. The number of nitrogens with one attached hydrogen (secondary N) is 1. The Morgan fingerprint density at radius 2 is 2.29 bits per heavy atom. The van der Waals surface area contributed by atoms with Crippen LogP contribution in [0.25, 0.3) is 0 Å². The van der Waals surface area contributed by atoms with Gasteiger partial charge in [0.2, 0.25) is 0 Å². The number of hydrogen-bond acceptors (Lipinski definition) is 4. The van der Waals surface area contributed by atoms with E-state index in [9.17, 15) is 0 Å². The molecule has 17 heavy (non-hydrogen) atoms. The summed E-state index contributed by atoms with van der Waals surface area (Å²) in [7, 11) is 1.52. The lowest BCUT2D eigenvalue weighted by atomic mass is 10.0. The topological polar surface area (TPSA) is 47.0 Å². The number of alkyl halides is 1. The maximum absolute atomic E-state index is 5.99. The Labute approximate surface area is 112 Å². The Bertz CT molecular complexity index is 349. The fourth-order valence-corrected chi connectivity index (χ4v) is 1.89. The molecule has 1 N–H and O–H groups in total. The van der Waals surface area contributed by atoms with Crippen molar-refractivity contribution in [3.8, 4) is 6.01 Å². The van der Waals surface area contributed by atoms with E-state index in [4.69, 9.17) is 27.9 Å². The quantitative estimate of drug-likeness (QED) is 0.778. The van der Waals surface area contributed by atoms with Crippen LogP contribution in [0.3, 0.4) is 0 Å². The van der Waals surface area contributed by atoms with Crippen molar-refractivity contribution >= 4 is 29.0 Å². The zero-order valence-electron chi connectivity index (χ0n) is 10.0. The number of hydrogen-bond donors (Lipinski definition) is 1. The van der Waals surface area contributed by atoms with Crippen LogP contribution in [0.1, 0.15) is 19.8 Å². The van der Waals surface area contributed by atoms with Gasteiger partial charge in [-0.1, -0.05) is 24.9 Å². The van der Waals surface area contributed by atoms with Gasteiger partial charge in [-0.2, -0.15) is 4.98 Å². The van der Waals surface area contributed by atoms with Crippen molar-refractivity contribution in [2.45, 2.75) is 19.8 Å². The zero-order valence-corrected chi connectivity index (χ0v) is 11.6. The third-order valence-corrected chi connectivity index (χ3v) is 3.05. The highest BCUT2D eigenvalue weighted by atomic mass is 35.5. The van der Waals surface area contributed by atoms with Crippen molar-refractivity contribution in [1.82, 2.24) is 9.97 Å². The summed E-state index contributed by atoms with van der Waals surface area (Å²) in [4.78, 5) is 8.06. The van der Waals surface area contributed by atoms with E-state index >= 15 is 0 Å². The number of methoxy groups -OCH3 is 1. The van der Waals surface area contributed by atoms with Crippen LogP contribution < -0.4 is 10.1 Å². The van der Waals surface area contributed by atoms with E-state index in [0.717, 1.165) is 19.4 Å². The molecular formula is C11H17Cl2N3O. The van der Waals surface area contributed by atoms with Gasteiger partial charge in [-0.15, -0.1) is 11.6 Å². The molecule has 1 aromatic rings. The van der Waals surface area contributed by atoms with Crippen molar-refractivity contribution < 1.29 is 4.74 Å². The molecule has 0 amide bonds. The number of halogens is 2. The van der Waals surface area contributed by atoms with Crippen LogP contribution in [0.5, 0.6) is 6.01 Å². The van der Waals surface area contributed by atoms with E-state index in [1.54, 1.807) is 0 Å². The summed E-state index contributed by atoms with van der Waals surface area (Å²) in [5.41, 5.74) is 0. The molecular weight excluding hydrogens is 261 g/mol. The van der Waals surface area contributed by atoms with Gasteiger partial charge in [0.05, 0.1) is 13.3 Å². The molecule has 1 unspecified atom stereocenters. The number of aromatic nitrogens is 2. The average molecular weight is 278 g/mol. The highest BCUT2D eigenvalue weighted by Crippen LogP contribution is 2.21. The first kappa shape index (κ1) is 14.3. The number of ether oxygens (including phenoxy) is 1. The standard InChI is InChI=1S/C11H17Cl2N3O/c1-3-8(4-5-12)6-14-10-9(13)7-15-11(16-10)17-2/h7-8H,3-6H2,1-2H3,(H,14,15,16). The van der Waals surface area contributed by atoms with Gasteiger partial charge in [-0.25, -0.2) is 4.98 Å². The summed E-state index contributed by atoms with van der Waals surface area (Å²) in [6, 6.07) is 0.308. The van der Waals surface area contributed by atoms with Crippen LogP contribution >= 0.6 is 23.2 Å². The predicted molar refractivity (Wildman–Crippen MR) is 71.2 cm³/mol. The number of nitrogens with zero attached hydrogens (tertiary/aromatic N) is 2. The van der Waals surface area contributed by atoms with Gasteiger partial charge in [0.25, 0.3) is 0 Å². The van der Waals surface area contributed by atoms with Gasteiger partial charge in [0.1, 0.15) is 5.02 Å². The van der Waals surface area contributed by atoms with Gasteiger partial charge in [-0.3, -0.25) is 0 Å². The van der Waals surface area contributed by atoms with Crippen LogP contribution in [0.2, 0.25) is 5.02 Å². The van der Waals surface area contributed by atoms with Crippen molar-refractivity contribution in [2.24, 2.45) is 5.92 Å². The molecule has 0 bridgehead atoms. The van der Waals surface area contributed by atoms with Crippen molar-refractivity contribution in [1.29, 1.82) is 0 Å². The molecule has 1 heterocycles. The lowest BCUT2D eigenvalue weighted by Gasteiger charge is -2.15. The molecule has 4 nitrogen and oxygen atoms in total. The maximum atomic E-state index is 5.99. The summed E-state index contributed by atoms with van der Waals surface area (Å²) in [6.07, 6.45) is 3.57. The average Bonchev–Trinajstić information content (AvgIpc) is 2.36. The molecule has 1 atom stereocenters. The first-order valence-corrected chi connectivity index (χ1v) is 6.48. The maximum Gasteiger partial charge on any atom is 0.318 e. The summed E-state index contributed by atoms with van der Waals surface area (Å²) in [6.45, 7) is 2.93. The van der Waals surface area contributed by atoms with Crippen LogP contribution in [0.4, 0.5) is 5.82 Å². The first-order valence-electron chi connectivity index (χ1n) is 5.57. The summed E-state index contributed by atoms with van der Waals surface area (Å²) in [5, 5.41) is 3.69. The Morgan fingerprint density at radius 3 is 2.88 bits per heavy atom. The third kappa shape index (κ3) is 4.56. The van der Waals surface area contributed by atoms with E-state index in [0.29, 0.717) is 28.6 Å². The van der Waals surface area contributed by atoms with Gasteiger partial charge < -0.3 is 10.1 Å². The first-order chi connectivity index (χ1) is 8.21. The molecule has 1 aromatic heterocycles. The zero-order chi connectivity index (χ0) is 12.7. The van der Waals surface area contributed by atoms with Crippen molar-refractivity contribution in [3.05, 3.63) is 11.2 Å². The van der Waals surface area contributed by atoms with Crippen molar-refractivity contribution in [3.63, 3.8) is 0 Å². The highest BCUT2D eigenvalue weighted by molar-refractivity contribution is 6.32. The smallest absolute Gasteiger partial charge is 0.318 e. The Balaban J connectivity index is 2.60. The Hall–Kier alpha value is -0.740. The normalized spacial score (nSPS) is 12.2. The van der Waals surface area contributed by atoms with E-state index in [1.165, 1.54) is 13.3 Å². The van der Waals surface area contributed by atoms with Gasteiger partial charge in [-0.05, 0) is 12.3 Å². The van der Waals surface area contributed by atoms with E-state index < -0.39 is 0 Å². The van der Waals surface area contributed by atoms with Crippen molar-refractivity contribution in [2.75, 3.05) is 24.9 Å². The summed E-state index contributed by atoms with van der Waals surface area (Å²) >= 11 is 11.7. The largest absolute Gasteiger partial charge is 0.467 e. The minimum Gasteiger partial charge on any atom is -0.467 e. The highest BCUT2D eigenvalue weighted by Gasteiger charge is 2.09. The molecule has 0 saturated carbocycles. The Morgan fingerprint density at radius 1 is 1.53 bits per heavy atom. The summed E-state index contributed by atoms with van der Waals surface area (Å²) in [5.74, 6) is 1.79. The lowest BCUT2D eigenvalue weighted by molar-refractivity contribution is 0.380. The molecule has 0 fully saturated rings. The number of anilines is 1. The van der Waals surface area contributed by atoms with Gasteiger partial charge in [0.15, 0.2) is 5.82 Å². The molecule has 0 aliphatic carbocycles. The van der Waals surface area contributed by atoms with E-state index in [2.05, 4.69) is 22.2 Å². The second-order valence-electron chi connectivity index (χ2n) is 3.69. The molecule has 0 saturated heterocycles. The van der Waals surface area contributed by atoms with Gasteiger partial charge in [0, 0.05) is 12.4 Å². The molecule has 0 aliphatic rings. The molecule has 0 radical (unpaired) electrons. The monoisotopic (exact) mass is 277 g/mol. The lowest BCUT2D eigenvalue weighted by Crippen LogP contribution is -2.15. The minimum absolute atomic E-state index is 0.308. The van der Waals surface area contributed by atoms with Crippen LogP contribution in [0, 0.1) is 5.92 Å². The molecule has 96 valence electrons. The second kappa shape index (κ2) is 7.56. The van der Waals surface area contributed by atoms with Crippen LogP contribution in [-0.2, 0) is 0 Å². The molecule has 0 aliphatic heterocycles.